The maximum Gasteiger partial charge on any atom is 0.302 e. The molecule has 1 aromatic carbocycles. The second kappa shape index (κ2) is 7.12. The van der Waals surface area contributed by atoms with Crippen LogP contribution in [0.2, 0.25) is 0 Å². The number of nitrogens with one attached hydrogen (secondary N) is 1. The van der Waals surface area contributed by atoms with E-state index in [9.17, 15) is 17.6 Å². The lowest BCUT2D eigenvalue weighted by molar-refractivity contribution is 0.0951. The molecule has 0 saturated heterocycles. The highest BCUT2D eigenvalue weighted by molar-refractivity contribution is 7.89. The number of hydrogen-bond donors (Lipinski definition) is 1. The summed E-state index contributed by atoms with van der Waals surface area (Å²) in [6, 6.07) is 5.01. The van der Waals surface area contributed by atoms with Gasteiger partial charge in [-0.2, -0.15) is 0 Å². The fourth-order valence-corrected chi connectivity index (χ4v) is 3.20. The summed E-state index contributed by atoms with van der Waals surface area (Å²) in [5.74, 6) is -1.20. The zero-order chi connectivity index (χ0) is 17.9. The molecule has 6 nitrogen and oxygen atoms in total. The van der Waals surface area contributed by atoms with Crippen molar-refractivity contribution in [2.24, 2.45) is 5.92 Å². The molecular weight excluding hydrogens is 335 g/mol. The molecule has 0 spiro atoms. The molecule has 8 heteroatoms. The molecule has 0 saturated carbocycles. The number of carbonyl (C=O) groups excluding carboxylic acids is 1. The Morgan fingerprint density at radius 2 is 1.92 bits per heavy atom. The molecule has 0 fully saturated rings. The van der Waals surface area contributed by atoms with Gasteiger partial charge in [-0.1, -0.05) is 26.0 Å². The summed E-state index contributed by atoms with van der Waals surface area (Å²) in [5, 5.41) is 0. The second-order valence-electron chi connectivity index (χ2n) is 5.94. The number of benzene rings is 1. The summed E-state index contributed by atoms with van der Waals surface area (Å²) in [6.07, 6.45) is 0.552. The van der Waals surface area contributed by atoms with E-state index in [1.54, 1.807) is 6.92 Å². The van der Waals surface area contributed by atoms with E-state index in [0.29, 0.717) is 29.5 Å². The van der Waals surface area contributed by atoms with Crippen molar-refractivity contribution in [1.82, 2.24) is 9.71 Å². The van der Waals surface area contributed by atoms with Crippen molar-refractivity contribution in [1.29, 1.82) is 0 Å². The van der Waals surface area contributed by atoms with E-state index in [1.807, 2.05) is 18.6 Å². The van der Waals surface area contributed by atoms with Gasteiger partial charge in [0.05, 0.1) is 11.4 Å². The Labute approximate surface area is 140 Å². The number of rotatable bonds is 6. The van der Waals surface area contributed by atoms with Crippen molar-refractivity contribution >= 4 is 15.9 Å². The fourth-order valence-electron chi connectivity index (χ4n) is 2.12. The minimum absolute atomic E-state index is 0.117. The molecular formula is C16H19FN2O4S. The van der Waals surface area contributed by atoms with Crippen LogP contribution in [0, 0.1) is 18.7 Å². The van der Waals surface area contributed by atoms with Crippen LogP contribution in [0.15, 0.2) is 28.7 Å². The first-order valence-electron chi connectivity index (χ1n) is 7.42. The number of carbonyl (C=O) groups is 1. The van der Waals surface area contributed by atoms with Gasteiger partial charge in [-0.05, 0) is 30.5 Å². The van der Waals surface area contributed by atoms with Crippen LogP contribution in [0.4, 0.5) is 4.39 Å². The van der Waals surface area contributed by atoms with Crippen LogP contribution in [0.5, 0.6) is 0 Å². The molecule has 0 unspecified atom stereocenters. The second-order valence-corrected chi connectivity index (χ2v) is 7.66. The molecule has 2 rings (SSSR count). The van der Waals surface area contributed by atoms with Gasteiger partial charge in [0.1, 0.15) is 5.82 Å². The van der Waals surface area contributed by atoms with Crippen molar-refractivity contribution < 1.29 is 22.0 Å². The average Bonchev–Trinajstić information content (AvgIpc) is 2.80. The van der Waals surface area contributed by atoms with Crippen LogP contribution in [0.1, 0.15) is 41.6 Å². The van der Waals surface area contributed by atoms with Gasteiger partial charge in [-0.15, -0.1) is 0 Å². The Kier molecular flexibility index (Phi) is 5.38. The topological polar surface area (TPSA) is 89.3 Å². The molecule has 0 aliphatic heterocycles. The summed E-state index contributed by atoms with van der Waals surface area (Å²) < 4.78 is 44.3. The number of aromatic nitrogens is 1. The lowest BCUT2D eigenvalue weighted by atomic mass is 10.1. The van der Waals surface area contributed by atoms with Gasteiger partial charge in [0, 0.05) is 6.42 Å². The standard InChI is InChI=1S/C16H19FN2O4S/c1-10(2)8-14-18-11(3)15(23-14)16(20)19-24(21,22)9-12-4-6-13(17)7-5-12/h4-7,10H,8-9H2,1-3H3,(H,19,20). The first-order valence-corrected chi connectivity index (χ1v) is 9.07. The summed E-state index contributed by atoms with van der Waals surface area (Å²) in [5.41, 5.74) is 0.701. The van der Waals surface area contributed by atoms with Crippen molar-refractivity contribution in [3.05, 3.63) is 53.0 Å². The summed E-state index contributed by atoms with van der Waals surface area (Å²) in [6.45, 7) is 5.54. The van der Waals surface area contributed by atoms with Crippen LogP contribution in [0.3, 0.4) is 0 Å². The Hall–Kier alpha value is -2.22. The van der Waals surface area contributed by atoms with Crippen LogP contribution in [0.25, 0.3) is 0 Å². The third-order valence-corrected chi connectivity index (χ3v) is 4.36. The maximum absolute atomic E-state index is 12.8. The van der Waals surface area contributed by atoms with Gasteiger partial charge in [0.15, 0.2) is 5.89 Å². The third-order valence-electron chi connectivity index (χ3n) is 3.15. The zero-order valence-corrected chi connectivity index (χ0v) is 14.5. The number of aryl methyl sites for hydroxylation is 1. The van der Waals surface area contributed by atoms with Crippen molar-refractivity contribution in [3.63, 3.8) is 0 Å². The van der Waals surface area contributed by atoms with Crippen LogP contribution in [-0.2, 0) is 22.2 Å². The highest BCUT2D eigenvalue weighted by Crippen LogP contribution is 2.14. The molecule has 1 aromatic heterocycles. The van der Waals surface area contributed by atoms with Gasteiger partial charge >= 0.3 is 5.91 Å². The van der Waals surface area contributed by atoms with E-state index in [1.165, 1.54) is 12.1 Å². The number of nitrogens with zero attached hydrogens (tertiary/aromatic N) is 1. The highest BCUT2D eigenvalue weighted by atomic mass is 32.2. The number of hydrogen-bond acceptors (Lipinski definition) is 5. The molecule has 0 atom stereocenters. The number of amides is 1. The Balaban J connectivity index is 2.10. The van der Waals surface area contributed by atoms with Crippen LogP contribution < -0.4 is 4.72 Å². The SMILES string of the molecule is Cc1nc(CC(C)C)oc1C(=O)NS(=O)(=O)Cc1ccc(F)cc1. The van der Waals surface area contributed by atoms with E-state index >= 15 is 0 Å². The van der Waals surface area contributed by atoms with E-state index in [4.69, 9.17) is 4.42 Å². The quantitative estimate of drug-likeness (QED) is 0.861. The molecule has 0 aliphatic rings. The van der Waals surface area contributed by atoms with Crippen molar-refractivity contribution in [2.75, 3.05) is 0 Å². The maximum atomic E-state index is 12.8. The van der Waals surface area contributed by atoms with E-state index in [-0.39, 0.29) is 5.76 Å². The smallest absolute Gasteiger partial charge is 0.302 e. The molecule has 1 heterocycles. The summed E-state index contributed by atoms with van der Waals surface area (Å²) in [4.78, 5) is 16.3. The van der Waals surface area contributed by atoms with Crippen molar-refractivity contribution in [2.45, 2.75) is 32.9 Å². The molecule has 1 N–H and O–H groups in total. The summed E-state index contributed by atoms with van der Waals surface area (Å²) in [7, 11) is -3.94. The lowest BCUT2D eigenvalue weighted by Gasteiger charge is -2.06. The van der Waals surface area contributed by atoms with E-state index < -0.39 is 27.5 Å². The molecule has 2 aromatic rings. The first-order chi connectivity index (χ1) is 11.2. The normalized spacial score (nSPS) is 11.7. The predicted octanol–water partition coefficient (Wildman–Crippen LogP) is 2.58. The zero-order valence-electron chi connectivity index (χ0n) is 13.7. The van der Waals surface area contributed by atoms with Gasteiger partial charge in [-0.3, -0.25) is 4.79 Å². The van der Waals surface area contributed by atoms with Crippen LogP contribution >= 0.6 is 0 Å². The fraction of sp³-hybridized carbons (Fsp3) is 0.375. The Morgan fingerprint density at radius 3 is 2.50 bits per heavy atom. The third kappa shape index (κ3) is 4.89. The first kappa shape index (κ1) is 18.1. The Bertz CT molecular complexity index is 826. The minimum atomic E-state index is -3.94. The van der Waals surface area contributed by atoms with E-state index in [2.05, 4.69) is 4.98 Å². The van der Waals surface area contributed by atoms with Crippen molar-refractivity contribution in [3.8, 4) is 0 Å². The average molecular weight is 354 g/mol. The monoisotopic (exact) mass is 354 g/mol. The van der Waals surface area contributed by atoms with Gasteiger partial charge < -0.3 is 4.42 Å². The largest absolute Gasteiger partial charge is 0.435 e. The van der Waals surface area contributed by atoms with Crippen LogP contribution in [-0.4, -0.2) is 19.3 Å². The molecule has 0 bridgehead atoms. The molecule has 24 heavy (non-hydrogen) atoms. The number of oxazole rings is 1. The minimum Gasteiger partial charge on any atom is -0.435 e. The highest BCUT2D eigenvalue weighted by Gasteiger charge is 2.23. The molecule has 0 radical (unpaired) electrons. The molecule has 0 aliphatic carbocycles. The Morgan fingerprint density at radius 1 is 1.29 bits per heavy atom. The van der Waals surface area contributed by atoms with Gasteiger partial charge in [0.25, 0.3) is 0 Å². The molecule has 130 valence electrons. The predicted molar refractivity (Wildman–Crippen MR) is 86.3 cm³/mol. The molecule has 1 amide bonds. The lowest BCUT2D eigenvalue weighted by Crippen LogP contribution is -2.31. The van der Waals surface area contributed by atoms with Gasteiger partial charge in [-0.25, -0.2) is 22.5 Å². The van der Waals surface area contributed by atoms with E-state index in [0.717, 1.165) is 12.1 Å². The number of sulfonamides is 1. The van der Waals surface area contributed by atoms with Gasteiger partial charge in [0.2, 0.25) is 15.8 Å². The number of halogens is 1. The summed E-state index contributed by atoms with van der Waals surface area (Å²) >= 11 is 0.